The molecule has 1 N–H and O–H groups in total. The molecule has 5 nitrogen and oxygen atoms in total. The largest absolute Gasteiger partial charge is 0.422 e. The van der Waals surface area contributed by atoms with Crippen LogP contribution in [0.3, 0.4) is 0 Å². The standard InChI is InChI=1S/C25H27ClN2O3S/c1-2-3-4-5-6-7-16-22(29)28-27-17-18-12-8-10-14-20(18)31-25(30)24-23(26)19-13-9-11-15-21(19)32-24/h8-15,17H,2-7,16H2,1H3,(H,28,29). The summed E-state index contributed by atoms with van der Waals surface area (Å²) in [4.78, 5) is 25.1. The van der Waals surface area contributed by atoms with Gasteiger partial charge in [0.25, 0.3) is 0 Å². The smallest absolute Gasteiger partial charge is 0.355 e. The van der Waals surface area contributed by atoms with Crippen molar-refractivity contribution in [1.82, 2.24) is 5.43 Å². The maximum absolute atomic E-state index is 12.7. The van der Waals surface area contributed by atoms with Crippen molar-refractivity contribution in [1.29, 1.82) is 0 Å². The van der Waals surface area contributed by atoms with Crippen LogP contribution in [0, 0.1) is 0 Å². The second kappa shape index (κ2) is 12.4. The second-order valence-corrected chi connectivity index (χ2v) is 8.91. The minimum atomic E-state index is -0.524. The van der Waals surface area contributed by atoms with Crippen molar-refractivity contribution >= 4 is 51.1 Å². The fraction of sp³-hybridized carbons (Fsp3) is 0.320. The quantitative estimate of drug-likeness (QED) is 0.108. The number of carbonyl (C=O) groups is 2. The maximum atomic E-state index is 12.7. The summed E-state index contributed by atoms with van der Waals surface area (Å²) in [5, 5.41) is 5.24. The lowest BCUT2D eigenvalue weighted by molar-refractivity contribution is -0.121. The minimum Gasteiger partial charge on any atom is -0.422 e. The highest BCUT2D eigenvalue weighted by Gasteiger charge is 2.19. The number of fused-ring (bicyclic) bond motifs is 1. The summed E-state index contributed by atoms with van der Waals surface area (Å²) >= 11 is 7.68. The molecule has 0 saturated carbocycles. The Morgan fingerprint density at radius 1 is 1.03 bits per heavy atom. The van der Waals surface area contributed by atoms with Gasteiger partial charge >= 0.3 is 5.97 Å². The van der Waals surface area contributed by atoms with E-state index in [-0.39, 0.29) is 5.91 Å². The molecule has 7 heteroatoms. The van der Waals surface area contributed by atoms with E-state index in [1.54, 1.807) is 18.2 Å². The summed E-state index contributed by atoms with van der Waals surface area (Å²) in [6, 6.07) is 14.6. The van der Waals surface area contributed by atoms with E-state index in [0.717, 1.165) is 29.3 Å². The van der Waals surface area contributed by atoms with Gasteiger partial charge < -0.3 is 4.74 Å². The van der Waals surface area contributed by atoms with E-state index in [1.807, 2.05) is 30.3 Å². The van der Waals surface area contributed by atoms with Gasteiger partial charge in [-0.3, -0.25) is 4.79 Å². The molecule has 0 bridgehead atoms. The third-order valence-electron chi connectivity index (χ3n) is 4.99. The molecule has 1 heterocycles. The van der Waals surface area contributed by atoms with Crippen LogP contribution in [0.5, 0.6) is 5.75 Å². The van der Waals surface area contributed by atoms with Crippen LogP contribution < -0.4 is 10.2 Å². The summed E-state index contributed by atoms with van der Waals surface area (Å²) in [5.41, 5.74) is 3.12. The molecule has 1 amide bonds. The molecule has 3 aromatic rings. The molecule has 0 radical (unpaired) electrons. The van der Waals surface area contributed by atoms with E-state index in [2.05, 4.69) is 17.5 Å². The molecule has 3 rings (SSSR count). The summed E-state index contributed by atoms with van der Waals surface area (Å²) in [7, 11) is 0. The Kier molecular flexibility index (Phi) is 9.26. The number of nitrogens with one attached hydrogen (secondary N) is 1. The van der Waals surface area contributed by atoms with Crippen LogP contribution in [-0.2, 0) is 4.79 Å². The molecule has 0 unspecified atom stereocenters. The van der Waals surface area contributed by atoms with E-state index in [1.165, 1.54) is 36.8 Å². The topological polar surface area (TPSA) is 67.8 Å². The lowest BCUT2D eigenvalue weighted by Crippen LogP contribution is -2.17. The van der Waals surface area contributed by atoms with E-state index in [9.17, 15) is 9.59 Å². The van der Waals surface area contributed by atoms with Gasteiger partial charge in [-0.2, -0.15) is 5.10 Å². The second-order valence-electron chi connectivity index (χ2n) is 7.48. The SMILES string of the molecule is CCCCCCCCC(=O)NN=Cc1ccccc1OC(=O)c1sc2ccccc2c1Cl. The van der Waals surface area contributed by atoms with Crippen molar-refractivity contribution in [3.8, 4) is 5.75 Å². The number of benzene rings is 2. The molecule has 0 aliphatic rings. The monoisotopic (exact) mass is 470 g/mol. The maximum Gasteiger partial charge on any atom is 0.355 e. The normalized spacial score (nSPS) is 11.2. The number of hydrogen-bond acceptors (Lipinski definition) is 5. The third-order valence-corrected chi connectivity index (χ3v) is 6.65. The third kappa shape index (κ3) is 6.65. The van der Waals surface area contributed by atoms with Crippen molar-refractivity contribution in [3.63, 3.8) is 0 Å². The number of ether oxygens (including phenoxy) is 1. The molecule has 0 aliphatic carbocycles. The Morgan fingerprint density at radius 2 is 1.75 bits per heavy atom. The van der Waals surface area contributed by atoms with Crippen LogP contribution in [0.4, 0.5) is 0 Å². The van der Waals surface area contributed by atoms with Crippen molar-refractivity contribution in [3.05, 3.63) is 64.0 Å². The van der Waals surface area contributed by atoms with Crippen LogP contribution in [0.1, 0.15) is 67.1 Å². The van der Waals surface area contributed by atoms with Gasteiger partial charge in [-0.15, -0.1) is 11.3 Å². The average Bonchev–Trinajstić information content (AvgIpc) is 3.14. The molecular weight excluding hydrogens is 444 g/mol. The first-order chi connectivity index (χ1) is 15.6. The number of halogens is 1. The number of para-hydroxylation sites is 1. The summed E-state index contributed by atoms with van der Waals surface area (Å²) in [5.74, 6) is -0.299. The van der Waals surface area contributed by atoms with Crippen molar-refractivity contribution in [2.45, 2.75) is 51.9 Å². The summed E-state index contributed by atoms with van der Waals surface area (Å²) < 4.78 is 6.52. The van der Waals surface area contributed by atoms with Gasteiger partial charge in [0.05, 0.1) is 11.2 Å². The molecule has 0 fully saturated rings. The lowest BCUT2D eigenvalue weighted by Gasteiger charge is -2.06. The number of nitrogens with zero attached hydrogens (tertiary/aromatic N) is 1. The van der Waals surface area contributed by atoms with E-state index in [0.29, 0.717) is 27.6 Å². The van der Waals surface area contributed by atoms with E-state index in [4.69, 9.17) is 16.3 Å². The zero-order valence-corrected chi connectivity index (χ0v) is 19.7. The number of hydrazone groups is 1. The molecule has 32 heavy (non-hydrogen) atoms. The number of rotatable bonds is 11. The fourth-order valence-electron chi connectivity index (χ4n) is 3.27. The van der Waals surface area contributed by atoms with Gasteiger partial charge in [-0.1, -0.05) is 81.0 Å². The average molecular weight is 471 g/mol. The highest BCUT2D eigenvalue weighted by atomic mass is 35.5. The minimum absolute atomic E-state index is 0.122. The Morgan fingerprint density at radius 3 is 2.56 bits per heavy atom. The molecule has 0 saturated heterocycles. The zero-order chi connectivity index (χ0) is 22.8. The Balaban J connectivity index is 1.56. The van der Waals surface area contributed by atoms with Gasteiger partial charge in [0.15, 0.2) is 0 Å². The van der Waals surface area contributed by atoms with Crippen molar-refractivity contribution in [2.75, 3.05) is 0 Å². The van der Waals surface area contributed by atoms with Crippen LogP contribution in [0.25, 0.3) is 10.1 Å². The number of amides is 1. The first-order valence-electron chi connectivity index (χ1n) is 10.9. The molecular formula is C25H27ClN2O3S. The van der Waals surface area contributed by atoms with Crippen LogP contribution in [-0.4, -0.2) is 18.1 Å². The number of carbonyl (C=O) groups excluding carboxylic acids is 2. The van der Waals surface area contributed by atoms with E-state index >= 15 is 0 Å². The van der Waals surface area contributed by atoms with Gasteiger partial charge in [0.1, 0.15) is 10.6 Å². The Labute approximate surface area is 197 Å². The number of hydrogen-bond donors (Lipinski definition) is 1. The first kappa shape index (κ1) is 24.0. The molecule has 2 aromatic carbocycles. The predicted octanol–water partition coefficient (Wildman–Crippen LogP) is 6.97. The lowest BCUT2D eigenvalue weighted by atomic mass is 10.1. The Bertz CT molecular complexity index is 1090. The van der Waals surface area contributed by atoms with Gasteiger partial charge in [0, 0.05) is 22.1 Å². The summed E-state index contributed by atoms with van der Waals surface area (Å²) in [6.07, 6.45) is 8.67. The number of unbranched alkanes of at least 4 members (excludes halogenated alkanes) is 5. The van der Waals surface area contributed by atoms with Gasteiger partial charge in [-0.05, 0) is 24.6 Å². The predicted molar refractivity (Wildman–Crippen MR) is 132 cm³/mol. The van der Waals surface area contributed by atoms with Crippen molar-refractivity contribution in [2.24, 2.45) is 5.10 Å². The first-order valence-corrected chi connectivity index (χ1v) is 12.1. The fourth-order valence-corrected chi connectivity index (χ4v) is 4.65. The molecule has 168 valence electrons. The Hall–Kier alpha value is -2.70. The molecule has 0 aliphatic heterocycles. The number of esters is 1. The highest BCUT2D eigenvalue weighted by molar-refractivity contribution is 7.21. The van der Waals surface area contributed by atoms with Crippen molar-refractivity contribution < 1.29 is 14.3 Å². The van der Waals surface area contributed by atoms with Gasteiger partial charge in [-0.25, -0.2) is 10.2 Å². The highest BCUT2D eigenvalue weighted by Crippen LogP contribution is 2.35. The van der Waals surface area contributed by atoms with Gasteiger partial charge in [0.2, 0.25) is 5.91 Å². The van der Waals surface area contributed by atoms with Crippen LogP contribution in [0.15, 0.2) is 53.6 Å². The zero-order valence-electron chi connectivity index (χ0n) is 18.1. The molecule has 1 aromatic heterocycles. The molecule has 0 atom stereocenters. The molecule has 0 spiro atoms. The van der Waals surface area contributed by atoms with Crippen LogP contribution >= 0.6 is 22.9 Å². The van der Waals surface area contributed by atoms with Crippen LogP contribution in [0.2, 0.25) is 5.02 Å². The van der Waals surface area contributed by atoms with E-state index < -0.39 is 5.97 Å². The summed E-state index contributed by atoms with van der Waals surface area (Å²) in [6.45, 7) is 2.18. The number of thiophene rings is 1.